The normalized spacial score (nSPS) is 8.88. The van der Waals surface area contributed by atoms with E-state index in [1.165, 1.54) is 17.6 Å². The zero-order valence-electron chi connectivity index (χ0n) is 10.9. The largest absolute Gasteiger partial charge is 0.304 e. The first-order valence-corrected chi connectivity index (χ1v) is 7.38. The zero-order valence-corrected chi connectivity index (χ0v) is 12.6. The van der Waals surface area contributed by atoms with E-state index in [4.69, 9.17) is 10.1 Å². The first kappa shape index (κ1) is 20.9. The quantitative estimate of drug-likeness (QED) is 0.563. The number of thioether (sulfide) groups is 2. The van der Waals surface area contributed by atoms with Crippen LogP contribution in [0.25, 0.3) is 0 Å². The van der Waals surface area contributed by atoms with Gasteiger partial charge in [0.05, 0.1) is 11.8 Å². The molecule has 4 heteroatoms. The van der Waals surface area contributed by atoms with Crippen molar-refractivity contribution < 1.29 is 4.79 Å². The number of nitriles is 1. The molecule has 0 saturated heterocycles. The molecule has 0 fully saturated rings. The molecule has 0 bridgehead atoms. The van der Waals surface area contributed by atoms with Gasteiger partial charge in [-0.1, -0.05) is 19.9 Å². The molecule has 94 valence electrons. The van der Waals surface area contributed by atoms with Crippen molar-refractivity contribution in [1.29, 1.82) is 5.26 Å². The van der Waals surface area contributed by atoms with Gasteiger partial charge in [-0.3, -0.25) is 0 Å². The van der Waals surface area contributed by atoms with E-state index in [-0.39, 0.29) is 0 Å². The Morgan fingerprint density at radius 3 is 1.94 bits per heavy atom. The third-order valence-corrected chi connectivity index (χ3v) is 2.87. The lowest BCUT2D eigenvalue weighted by atomic mass is 10.6. The molecule has 0 aliphatic heterocycles. The number of nitrogens with zero attached hydrogens (tertiary/aromatic N) is 1. The second kappa shape index (κ2) is 24.0. The minimum absolute atomic E-state index is 0.635. The molecular formula is C12H23NOS2. The van der Waals surface area contributed by atoms with Gasteiger partial charge in [0, 0.05) is 0 Å². The fraction of sp³-hybridized carbons (Fsp3) is 0.667. The summed E-state index contributed by atoms with van der Waals surface area (Å²) in [6.07, 6.45) is 2.88. The second-order valence-electron chi connectivity index (χ2n) is 2.36. The van der Waals surface area contributed by atoms with E-state index in [1.54, 1.807) is 11.8 Å². The van der Waals surface area contributed by atoms with Crippen molar-refractivity contribution in [2.45, 2.75) is 34.6 Å². The number of rotatable bonds is 4. The summed E-state index contributed by atoms with van der Waals surface area (Å²) in [4.78, 5) is 10.2. The summed E-state index contributed by atoms with van der Waals surface area (Å²) in [5.74, 6) is 2.88. The molecule has 0 amide bonds. The van der Waals surface area contributed by atoms with Crippen LogP contribution in [-0.2, 0) is 4.79 Å². The fourth-order valence-electron chi connectivity index (χ4n) is 0.459. The molecule has 0 aliphatic carbocycles. The van der Waals surface area contributed by atoms with Gasteiger partial charge in [-0.2, -0.15) is 5.26 Å². The second-order valence-corrected chi connectivity index (χ2v) is 5.15. The SMILES string of the molecule is C/C=C(\C)SCC.CC=O.CCSCC#N. The van der Waals surface area contributed by atoms with E-state index in [2.05, 4.69) is 26.8 Å². The Hall–Kier alpha value is -0.400. The fourth-order valence-corrected chi connectivity index (χ4v) is 1.38. The molecule has 0 heterocycles. The van der Waals surface area contributed by atoms with Crippen LogP contribution in [0.3, 0.4) is 0 Å². The molecule has 16 heavy (non-hydrogen) atoms. The molecule has 0 saturated carbocycles. The van der Waals surface area contributed by atoms with Crippen LogP contribution in [0.15, 0.2) is 11.0 Å². The lowest BCUT2D eigenvalue weighted by Crippen LogP contribution is -1.68. The van der Waals surface area contributed by atoms with Crippen molar-refractivity contribution >= 4 is 29.8 Å². The molecule has 0 spiro atoms. The summed E-state index contributed by atoms with van der Waals surface area (Å²) >= 11 is 3.54. The lowest BCUT2D eigenvalue weighted by molar-refractivity contribution is -0.106. The summed E-state index contributed by atoms with van der Waals surface area (Å²) < 4.78 is 0. The van der Waals surface area contributed by atoms with Crippen LogP contribution < -0.4 is 0 Å². The van der Waals surface area contributed by atoms with Gasteiger partial charge in [0.25, 0.3) is 0 Å². The van der Waals surface area contributed by atoms with Gasteiger partial charge in [0.1, 0.15) is 6.29 Å². The van der Waals surface area contributed by atoms with E-state index in [1.807, 2.05) is 24.8 Å². The van der Waals surface area contributed by atoms with Crippen LogP contribution >= 0.6 is 23.5 Å². The number of carbonyl (C=O) groups is 1. The van der Waals surface area contributed by atoms with Gasteiger partial charge < -0.3 is 4.79 Å². The molecule has 0 N–H and O–H groups in total. The minimum Gasteiger partial charge on any atom is -0.304 e. The average Bonchev–Trinajstić information content (AvgIpc) is 2.28. The highest BCUT2D eigenvalue weighted by Gasteiger charge is 1.79. The van der Waals surface area contributed by atoms with Crippen molar-refractivity contribution in [3.63, 3.8) is 0 Å². The van der Waals surface area contributed by atoms with Gasteiger partial charge in [-0.05, 0) is 37.2 Å². The van der Waals surface area contributed by atoms with Crippen LogP contribution in [0.4, 0.5) is 0 Å². The Balaban J connectivity index is -0.000000172. The summed E-state index contributed by atoms with van der Waals surface area (Å²) in [6, 6.07) is 2.03. The summed E-state index contributed by atoms with van der Waals surface area (Å²) in [6.45, 7) is 9.85. The summed E-state index contributed by atoms with van der Waals surface area (Å²) in [5, 5.41) is 7.93. The lowest BCUT2D eigenvalue weighted by Gasteiger charge is -1.91. The molecule has 0 aromatic heterocycles. The van der Waals surface area contributed by atoms with Crippen molar-refractivity contribution in [2.24, 2.45) is 0 Å². The standard InChI is InChI=1S/C6H12S.C4H7NS.C2H4O/c1-4-6(3)7-5-2;1-2-6-4-3-5;1-2-3/h4H,5H2,1-3H3;2,4H2,1H3;2H,1H3/b6-4+;;. The molecule has 2 nitrogen and oxygen atoms in total. The van der Waals surface area contributed by atoms with Gasteiger partial charge >= 0.3 is 0 Å². The highest BCUT2D eigenvalue weighted by molar-refractivity contribution is 8.03. The van der Waals surface area contributed by atoms with E-state index in [0.29, 0.717) is 5.75 Å². The maximum atomic E-state index is 8.81. The van der Waals surface area contributed by atoms with Crippen molar-refractivity contribution in [3.8, 4) is 6.07 Å². The Labute approximate surface area is 109 Å². The molecule has 0 aromatic carbocycles. The molecule has 0 aromatic rings. The van der Waals surface area contributed by atoms with E-state index < -0.39 is 0 Å². The van der Waals surface area contributed by atoms with E-state index >= 15 is 0 Å². The Kier molecular flexibility index (Phi) is 31.5. The molecular weight excluding hydrogens is 238 g/mol. The number of hydrogen-bond acceptors (Lipinski definition) is 4. The van der Waals surface area contributed by atoms with Crippen molar-refractivity contribution in [2.75, 3.05) is 17.3 Å². The van der Waals surface area contributed by atoms with E-state index in [9.17, 15) is 0 Å². The van der Waals surface area contributed by atoms with Crippen molar-refractivity contribution in [3.05, 3.63) is 11.0 Å². The predicted molar refractivity (Wildman–Crippen MR) is 77.9 cm³/mol. The molecule has 0 unspecified atom stereocenters. The third-order valence-electron chi connectivity index (χ3n) is 1.15. The zero-order chi connectivity index (χ0) is 13.2. The summed E-state index contributed by atoms with van der Waals surface area (Å²) in [5.41, 5.74) is 0. The van der Waals surface area contributed by atoms with Crippen molar-refractivity contribution in [1.82, 2.24) is 0 Å². The molecule has 0 radical (unpaired) electrons. The van der Waals surface area contributed by atoms with Crippen LogP contribution in [0.5, 0.6) is 0 Å². The van der Waals surface area contributed by atoms with Crippen LogP contribution in [0.1, 0.15) is 34.6 Å². The van der Waals surface area contributed by atoms with Gasteiger partial charge in [-0.25, -0.2) is 0 Å². The van der Waals surface area contributed by atoms with Gasteiger partial charge in [0.15, 0.2) is 0 Å². The van der Waals surface area contributed by atoms with Crippen LogP contribution in [0.2, 0.25) is 0 Å². The first-order valence-electron chi connectivity index (χ1n) is 5.24. The minimum atomic E-state index is 0.635. The highest BCUT2D eigenvalue weighted by atomic mass is 32.2. The Bertz CT molecular complexity index is 198. The van der Waals surface area contributed by atoms with Gasteiger partial charge in [-0.15, -0.1) is 23.5 Å². The number of hydrogen-bond donors (Lipinski definition) is 0. The maximum absolute atomic E-state index is 8.81. The van der Waals surface area contributed by atoms with Crippen LogP contribution in [0, 0.1) is 11.3 Å². The highest BCUT2D eigenvalue weighted by Crippen LogP contribution is 2.11. The summed E-state index contributed by atoms with van der Waals surface area (Å²) in [7, 11) is 0. The third kappa shape index (κ3) is 37.4. The Morgan fingerprint density at radius 2 is 1.81 bits per heavy atom. The number of allylic oxidation sites excluding steroid dienone is 2. The van der Waals surface area contributed by atoms with Crippen LogP contribution in [-0.4, -0.2) is 23.5 Å². The smallest absolute Gasteiger partial charge is 0.116 e. The first-order chi connectivity index (χ1) is 7.64. The predicted octanol–water partition coefficient (Wildman–Crippen LogP) is 4.13. The molecule has 0 rings (SSSR count). The average molecular weight is 261 g/mol. The van der Waals surface area contributed by atoms with E-state index in [0.717, 1.165) is 12.0 Å². The number of carbonyl (C=O) groups excluding carboxylic acids is 1. The maximum Gasteiger partial charge on any atom is 0.116 e. The molecule has 0 aliphatic rings. The number of aldehydes is 1. The Morgan fingerprint density at radius 1 is 1.31 bits per heavy atom. The van der Waals surface area contributed by atoms with Gasteiger partial charge in [0.2, 0.25) is 0 Å². The topological polar surface area (TPSA) is 40.9 Å². The molecule has 0 atom stereocenters. The monoisotopic (exact) mass is 261 g/mol.